The summed E-state index contributed by atoms with van der Waals surface area (Å²) in [5.41, 5.74) is 0.327. The largest absolute Gasteiger partial charge is 0.507 e. The van der Waals surface area contributed by atoms with Gasteiger partial charge in [-0.25, -0.2) is 0 Å². The number of rotatable bonds is 5. The molecule has 0 spiro atoms. The molecule has 2 N–H and O–H groups in total. The molecule has 1 saturated heterocycles. The summed E-state index contributed by atoms with van der Waals surface area (Å²) in [6.45, 7) is 9.10. The second kappa shape index (κ2) is 8.15. The Labute approximate surface area is 143 Å². The number of amides is 2. The van der Waals surface area contributed by atoms with Crippen LogP contribution in [0.2, 0.25) is 0 Å². The lowest BCUT2D eigenvalue weighted by Crippen LogP contribution is -2.55. The van der Waals surface area contributed by atoms with Gasteiger partial charge in [0.1, 0.15) is 5.75 Å². The number of carbonyl (C=O) groups excluding carboxylic acids is 2. The van der Waals surface area contributed by atoms with E-state index in [9.17, 15) is 14.7 Å². The molecule has 6 nitrogen and oxygen atoms in total. The van der Waals surface area contributed by atoms with Crippen LogP contribution in [0.4, 0.5) is 0 Å². The van der Waals surface area contributed by atoms with Crippen molar-refractivity contribution in [2.45, 2.75) is 26.8 Å². The normalized spacial score (nSPS) is 16.9. The summed E-state index contributed by atoms with van der Waals surface area (Å²) in [6.07, 6.45) is 0. The topological polar surface area (TPSA) is 72.9 Å². The molecule has 0 saturated carbocycles. The highest BCUT2D eigenvalue weighted by molar-refractivity contribution is 5.96. The minimum absolute atomic E-state index is 0.00589. The highest BCUT2D eigenvalue weighted by Crippen LogP contribution is 2.19. The van der Waals surface area contributed by atoms with Gasteiger partial charge in [-0.2, -0.15) is 0 Å². The number of nitrogens with zero attached hydrogens (tertiary/aromatic N) is 2. The first kappa shape index (κ1) is 18.3. The van der Waals surface area contributed by atoms with Crippen LogP contribution in [0.5, 0.6) is 5.75 Å². The lowest BCUT2D eigenvalue weighted by atomic mass is 10.1. The second-order valence-electron chi connectivity index (χ2n) is 6.66. The SMILES string of the molecule is CC(C)CNC(=O)C(C)N1CCN(C(=O)c2ccccc2O)CC1. The molecule has 1 aliphatic rings. The van der Waals surface area contributed by atoms with Crippen LogP contribution in [0, 0.1) is 5.92 Å². The van der Waals surface area contributed by atoms with E-state index in [1.165, 1.54) is 6.07 Å². The summed E-state index contributed by atoms with van der Waals surface area (Å²) in [6, 6.07) is 6.38. The van der Waals surface area contributed by atoms with Gasteiger partial charge in [0, 0.05) is 32.7 Å². The van der Waals surface area contributed by atoms with E-state index in [1.54, 1.807) is 23.1 Å². The van der Waals surface area contributed by atoms with Gasteiger partial charge in [0.2, 0.25) is 5.91 Å². The Balaban J connectivity index is 1.88. The molecule has 6 heteroatoms. The van der Waals surface area contributed by atoms with Crippen molar-refractivity contribution in [3.63, 3.8) is 0 Å². The summed E-state index contributed by atoms with van der Waals surface area (Å²) in [4.78, 5) is 28.5. The zero-order valence-electron chi connectivity index (χ0n) is 14.7. The number of aromatic hydroxyl groups is 1. The summed E-state index contributed by atoms with van der Waals surface area (Å²) < 4.78 is 0. The number of hydrogen-bond acceptors (Lipinski definition) is 4. The molecule has 1 unspecified atom stereocenters. The van der Waals surface area contributed by atoms with Gasteiger partial charge < -0.3 is 15.3 Å². The van der Waals surface area contributed by atoms with Gasteiger partial charge in [-0.15, -0.1) is 0 Å². The minimum Gasteiger partial charge on any atom is -0.507 e. The Morgan fingerprint density at radius 3 is 2.33 bits per heavy atom. The molecule has 1 fully saturated rings. The van der Waals surface area contributed by atoms with Crippen molar-refractivity contribution in [1.82, 2.24) is 15.1 Å². The van der Waals surface area contributed by atoms with Gasteiger partial charge in [-0.1, -0.05) is 26.0 Å². The van der Waals surface area contributed by atoms with E-state index in [0.717, 1.165) is 0 Å². The Morgan fingerprint density at radius 2 is 1.75 bits per heavy atom. The van der Waals surface area contributed by atoms with Crippen LogP contribution in [0.3, 0.4) is 0 Å². The zero-order chi connectivity index (χ0) is 17.7. The van der Waals surface area contributed by atoms with Gasteiger partial charge in [0.05, 0.1) is 11.6 Å². The maximum atomic E-state index is 12.5. The molecule has 2 amide bonds. The fourth-order valence-electron chi connectivity index (χ4n) is 2.76. The number of nitrogens with one attached hydrogen (secondary N) is 1. The highest BCUT2D eigenvalue weighted by atomic mass is 16.3. The fraction of sp³-hybridized carbons (Fsp3) is 0.556. The molecule has 0 bridgehead atoms. The molecule has 1 atom stereocenters. The van der Waals surface area contributed by atoms with E-state index in [1.807, 2.05) is 6.92 Å². The number of phenols is 1. The predicted molar refractivity (Wildman–Crippen MR) is 92.9 cm³/mol. The third kappa shape index (κ3) is 4.47. The summed E-state index contributed by atoms with van der Waals surface area (Å²) in [5, 5.41) is 12.8. The molecular formula is C18H27N3O3. The number of hydrogen-bond donors (Lipinski definition) is 2. The van der Waals surface area contributed by atoms with Gasteiger partial charge in [-0.05, 0) is 25.0 Å². The predicted octanol–water partition coefficient (Wildman–Crippen LogP) is 1.31. The number of piperazine rings is 1. The average molecular weight is 333 g/mol. The van der Waals surface area contributed by atoms with Crippen molar-refractivity contribution in [2.75, 3.05) is 32.7 Å². The van der Waals surface area contributed by atoms with Gasteiger partial charge >= 0.3 is 0 Å². The van der Waals surface area contributed by atoms with E-state index in [2.05, 4.69) is 24.1 Å². The first-order valence-electron chi connectivity index (χ1n) is 8.49. The molecule has 132 valence electrons. The summed E-state index contributed by atoms with van der Waals surface area (Å²) in [5.74, 6) is 0.300. The maximum Gasteiger partial charge on any atom is 0.257 e. The number of phenolic OH excluding ortho intramolecular Hbond substituents is 1. The van der Waals surface area contributed by atoms with Crippen LogP contribution in [0.25, 0.3) is 0 Å². The maximum absolute atomic E-state index is 12.5. The summed E-state index contributed by atoms with van der Waals surface area (Å²) in [7, 11) is 0. The molecular weight excluding hydrogens is 306 g/mol. The molecule has 0 radical (unpaired) electrons. The van der Waals surface area contributed by atoms with Crippen LogP contribution in [0.15, 0.2) is 24.3 Å². The van der Waals surface area contributed by atoms with Crippen molar-refractivity contribution in [1.29, 1.82) is 0 Å². The Bertz CT molecular complexity index is 581. The lowest BCUT2D eigenvalue weighted by molar-refractivity contribution is -0.126. The smallest absolute Gasteiger partial charge is 0.257 e. The molecule has 1 aromatic carbocycles. The van der Waals surface area contributed by atoms with E-state index in [0.29, 0.717) is 44.2 Å². The molecule has 1 heterocycles. The van der Waals surface area contributed by atoms with Gasteiger partial charge in [-0.3, -0.25) is 14.5 Å². The fourth-order valence-corrected chi connectivity index (χ4v) is 2.76. The highest BCUT2D eigenvalue weighted by Gasteiger charge is 2.28. The third-order valence-electron chi connectivity index (χ3n) is 4.35. The van der Waals surface area contributed by atoms with E-state index in [4.69, 9.17) is 0 Å². The van der Waals surface area contributed by atoms with E-state index < -0.39 is 0 Å². The van der Waals surface area contributed by atoms with Gasteiger partial charge in [0.25, 0.3) is 5.91 Å². The average Bonchev–Trinajstić information content (AvgIpc) is 2.59. The number of carbonyl (C=O) groups is 2. The first-order chi connectivity index (χ1) is 11.4. The van der Waals surface area contributed by atoms with Crippen LogP contribution < -0.4 is 5.32 Å². The van der Waals surface area contributed by atoms with Crippen LogP contribution >= 0.6 is 0 Å². The second-order valence-corrected chi connectivity index (χ2v) is 6.66. The van der Waals surface area contributed by atoms with Crippen molar-refractivity contribution in [2.24, 2.45) is 5.92 Å². The first-order valence-corrected chi connectivity index (χ1v) is 8.49. The quantitative estimate of drug-likeness (QED) is 0.852. The number of benzene rings is 1. The van der Waals surface area contributed by atoms with E-state index in [-0.39, 0.29) is 23.6 Å². The van der Waals surface area contributed by atoms with Gasteiger partial charge in [0.15, 0.2) is 0 Å². The third-order valence-corrected chi connectivity index (χ3v) is 4.35. The molecule has 0 aromatic heterocycles. The zero-order valence-corrected chi connectivity index (χ0v) is 14.7. The Kier molecular flexibility index (Phi) is 6.20. The monoisotopic (exact) mass is 333 g/mol. The van der Waals surface area contributed by atoms with Crippen molar-refractivity contribution < 1.29 is 14.7 Å². The summed E-state index contributed by atoms with van der Waals surface area (Å²) >= 11 is 0. The number of para-hydroxylation sites is 1. The van der Waals surface area contributed by atoms with Crippen molar-refractivity contribution in [3.05, 3.63) is 29.8 Å². The standard InChI is InChI=1S/C18H27N3O3/c1-13(2)12-19-17(23)14(3)20-8-10-21(11-9-20)18(24)15-6-4-5-7-16(15)22/h4-7,13-14,22H,8-12H2,1-3H3,(H,19,23). The van der Waals surface area contributed by atoms with E-state index >= 15 is 0 Å². The minimum atomic E-state index is -0.203. The Morgan fingerprint density at radius 1 is 1.12 bits per heavy atom. The molecule has 1 aliphatic heterocycles. The molecule has 2 rings (SSSR count). The van der Waals surface area contributed by atoms with Crippen molar-refractivity contribution in [3.8, 4) is 5.75 Å². The molecule has 1 aromatic rings. The van der Waals surface area contributed by atoms with Crippen LogP contribution in [-0.2, 0) is 4.79 Å². The lowest BCUT2D eigenvalue weighted by Gasteiger charge is -2.37. The van der Waals surface area contributed by atoms with Crippen LogP contribution in [-0.4, -0.2) is 65.5 Å². The molecule has 24 heavy (non-hydrogen) atoms. The van der Waals surface area contributed by atoms with Crippen molar-refractivity contribution >= 4 is 11.8 Å². The molecule has 0 aliphatic carbocycles. The van der Waals surface area contributed by atoms with Crippen LogP contribution in [0.1, 0.15) is 31.1 Å². The Hall–Kier alpha value is -2.08.